The molecular weight excluding hydrogens is 255 g/mol. The van der Waals surface area contributed by atoms with Gasteiger partial charge in [0.1, 0.15) is 5.82 Å². The molecule has 0 aliphatic rings. The van der Waals surface area contributed by atoms with Crippen LogP contribution in [0.25, 0.3) is 0 Å². The summed E-state index contributed by atoms with van der Waals surface area (Å²) >= 11 is 0. The first kappa shape index (κ1) is 14.1. The minimum absolute atomic E-state index is 0.0861. The third-order valence-electron chi connectivity index (χ3n) is 3.08. The highest BCUT2D eigenvalue weighted by Gasteiger charge is 2.10. The van der Waals surface area contributed by atoms with Crippen LogP contribution in [-0.4, -0.2) is 5.91 Å². The van der Waals surface area contributed by atoms with Crippen LogP contribution in [0.3, 0.4) is 0 Å². The second-order valence-electron chi connectivity index (χ2n) is 4.97. The average Bonchev–Trinajstić information content (AvgIpc) is 2.43. The zero-order valence-electron chi connectivity index (χ0n) is 11.5. The van der Waals surface area contributed by atoms with Gasteiger partial charge in [-0.25, -0.2) is 4.39 Å². The molecule has 3 N–H and O–H groups in total. The van der Waals surface area contributed by atoms with Gasteiger partial charge in [-0.3, -0.25) is 4.79 Å². The minimum Gasteiger partial charge on any atom is -0.399 e. The number of amides is 1. The molecule has 2 rings (SSSR count). The maximum Gasteiger partial charge on any atom is 0.255 e. The number of nitrogen functional groups attached to an aromatic ring is 1. The molecule has 4 heteroatoms. The van der Waals surface area contributed by atoms with Gasteiger partial charge in [-0.05, 0) is 41.8 Å². The standard InChI is InChI=1S/C16H17FN2O/c1-10(2)11-3-5-12(6-4-11)16(20)19-15-9-13(18)7-8-14(15)17/h3-10H,18H2,1-2H3,(H,19,20). The van der Waals surface area contributed by atoms with Gasteiger partial charge in [0.25, 0.3) is 5.91 Å². The van der Waals surface area contributed by atoms with E-state index in [0.29, 0.717) is 17.2 Å². The number of hydrogen-bond donors (Lipinski definition) is 2. The van der Waals surface area contributed by atoms with E-state index in [0.717, 1.165) is 5.56 Å². The summed E-state index contributed by atoms with van der Waals surface area (Å²) in [6, 6.07) is 11.3. The highest BCUT2D eigenvalue weighted by molar-refractivity contribution is 6.04. The highest BCUT2D eigenvalue weighted by Crippen LogP contribution is 2.19. The van der Waals surface area contributed by atoms with E-state index >= 15 is 0 Å². The summed E-state index contributed by atoms with van der Waals surface area (Å²) < 4.78 is 13.5. The fourth-order valence-electron chi connectivity index (χ4n) is 1.85. The number of carbonyl (C=O) groups excluding carboxylic acids is 1. The Balaban J connectivity index is 2.17. The van der Waals surface area contributed by atoms with E-state index in [1.165, 1.54) is 18.2 Å². The zero-order valence-corrected chi connectivity index (χ0v) is 11.5. The molecule has 0 atom stereocenters. The molecule has 2 aromatic carbocycles. The Morgan fingerprint density at radius 3 is 2.40 bits per heavy atom. The van der Waals surface area contributed by atoms with Gasteiger partial charge in [0.2, 0.25) is 0 Å². The van der Waals surface area contributed by atoms with Gasteiger partial charge in [0.15, 0.2) is 0 Å². The topological polar surface area (TPSA) is 55.1 Å². The summed E-state index contributed by atoms with van der Waals surface area (Å²) in [5.41, 5.74) is 7.70. The number of anilines is 2. The molecule has 0 aliphatic heterocycles. The van der Waals surface area contributed by atoms with Crippen LogP contribution in [0.1, 0.15) is 35.7 Å². The summed E-state index contributed by atoms with van der Waals surface area (Å²) in [7, 11) is 0. The number of halogens is 1. The van der Waals surface area contributed by atoms with Gasteiger partial charge in [-0.2, -0.15) is 0 Å². The number of carbonyl (C=O) groups is 1. The molecule has 0 fully saturated rings. The number of benzene rings is 2. The van der Waals surface area contributed by atoms with E-state index < -0.39 is 5.82 Å². The van der Waals surface area contributed by atoms with Crippen molar-refractivity contribution in [3.8, 4) is 0 Å². The number of nitrogens with two attached hydrogens (primary N) is 1. The maximum absolute atomic E-state index is 13.5. The fourth-order valence-corrected chi connectivity index (χ4v) is 1.85. The van der Waals surface area contributed by atoms with Crippen LogP contribution in [0.5, 0.6) is 0 Å². The van der Waals surface area contributed by atoms with Crippen molar-refractivity contribution in [1.29, 1.82) is 0 Å². The fraction of sp³-hybridized carbons (Fsp3) is 0.188. The molecule has 0 radical (unpaired) electrons. The molecule has 2 aromatic rings. The van der Waals surface area contributed by atoms with Crippen LogP contribution in [-0.2, 0) is 0 Å². The normalized spacial score (nSPS) is 10.6. The summed E-state index contributed by atoms with van der Waals surface area (Å²) in [5, 5.41) is 2.52. The molecule has 0 saturated carbocycles. The molecule has 20 heavy (non-hydrogen) atoms. The lowest BCUT2D eigenvalue weighted by Gasteiger charge is -2.09. The summed E-state index contributed by atoms with van der Waals surface area (Å²) in [4.78, 5) is 12.0. The van der Waals surface area contributed by atoms with E-state index in [2.05, 4.69) is 19.2 Å². The van der Waals surface area contributed by atoms with Crippen molar-refractivity contribution in [2.45, 2.75) is 19.8 Å². The maximum atomic E-state index is 13.5. The van der Waals surface area contributed by atoms with Gasteiger partial charge >= 0.3 is 0 Å². The van der Waals surface area contributed by atoms with Crippen LogP contribution >= 0.6 is 0 Å². The molecule has 0 spiro atoms. The molecule has 0 saturated heterocycles. The van der Waals surface area contributed by atoms with E-state index in [4.69, 9.17) is 5.73 Å². The summed E-state index contributed by atoms with van der Waals surface area (Å²) in [6.07, 6.45) is 0. The minimum atomic E-state index is -0.508. The van der Waals surface area contributed by atoms with Crippen molar-refractivity contribution in [1.82, 2.24) is 0 Å². The van der Waals surface area contributed by atoms with E-state index in [1.807, 2.05) is 12.1 Å². The number of nitrogens with one attached hydrogen (secondary N) is 1. The Bertz CT molecular complexity index is 621. The van der Waals surface area contributed by atoms with Gasteiger partial charge in [-0.15, -0.1) is 0 Å². The predicted octanol–water partition coefficient (Wildman–Crippen LogP) is 3.78. The Hall–Kier alpha value is -2.36. The Morgan fingerprint density at radius 1 is 1.15 bits per heavy atom. The molecule has 1 amide bonds. The van der Waals surface area contributed by atoms with Crippen molar-refractivity contribution < 1.29 is 9.18 Å². The quantitative estimate of drug-likeness (QED) is 0.835. The lowest BCUT2D eigenvalue weighted by Crippen LogP contribution is -2.13. The van der Waals surface area contributed by atoms with E-state index in [1.54, 1.807) is 12.1 Å². The van der Waals surface area contributed by atoms with Crippen LogP contribution in [0.15, 0.2) is 42.5 Å². The molecule has 0 heterocycles. The predicted molar refractivity (Wildman–Crippen MR) is 79.3 cm³/mol. The largest absolute Gasteiger partial charge is 0.399 e. The lowest BCUT2D eigenvalue weighted by molar-refractivity contribution is 0.102. The van der Waals surface area contributed by atoms with Crippen LogP contribution in [0.4, 0.5) is 15.8 Å². The molecule has 0 unspecified atom stereocenters. The van der Waals surface area contributed by atoms with Crippen LogP contribution in [0.2, 0.25) is 0 Å². The van der Waals surface area contributed by atoms with Gasteiger partial charge < -0.3 is 11.1 Å². The van der Waals surface area contributed by atoms with Gasteiger partial charge in [0.05, 0.1) is 5.69 Å². The molecule has 0 aliphatic carbocycles. The second kappa shape index (κ2) is 5.74. The first-order chi connectivity index (χ1) is 9.47. The van der Waals surface area contributed by atoms with Gasteiger partial charge in [-0.1, -0.05) is 26.0 Å². The van der Waals surface area contributed by atoms with Crippen LogP contribution < -0.4 is 11.1 Å². The van der Waals surface area contributed by atoms with Crippen LogP contribution in [0, 0.1) is 5.82 Å². The van der Waals surface area contributed by atoms with Crippen molar-refractivity contribution in [2.75, 3.05) is 11.1 Å². The Labute approximate surface area is 117 Å². The van der Waals surface area contributed by atoms with Crippen molar-refractivity contribution in [3.63, 3.8) is 0 Å². The first-order valence-corrected chi connectivity index (χ1v) is 6.43. The molecule has 0 aromatic heterocycles. The number of hydrogen-bond acceptors (Lipinski definition) is 2. The highest BCUT2D eigenvalue weighted by atomic mass is 19.1. The lowest BCUT2D eigenvalue weighted by atomic mass is 10.0. The first-order valence-electron chi connectivity index (χ1n) is 6.43. The monoisotopic (exact) mass is 272 g/mol. The smallest absolute Gasteiger partial charge is 0.255 e. The van der Waals surface area contributed by atoms with Crippen molar-refractivity contribution >= 4 is 17.3 Å². The third kappa shape index (κ3) is 3.15. The molecule has 0 bridgehead atoms. The van der Waals surface area contributed by atoms with E-state index in [9.17, 15) is 9.18 Å². The zero-order chi connectivity index (χ0) is 14.7. The van der Waals surface area contributed by atoms with Gasteiger partial charge in [0, 0.05) is 11.3 Å². The average molecular weight is 272 g/mol. The Morgan fingerprint density at radius 2 is 1.80 bits per heavy atom. The SMILES string of the molecule is CC(C)c1ccc(C(=O)Nc2cc(N)ccc2F)cc1. The third-order valence-corrected chi connectivity index (χ3v) is 3.08. The molecular formula is C16H17FN2O. The Kier molecular flexibility index (Phi) is 4.03. The molecule has 104 valence electrons. The van der Waals surface area contributed by atoms with Crippen molar-refractivity contribution in [3.05, 3.63) is 59.4 Å². The number of rotatable bonds is 3. The molecule has 3 nitrogen and oxygen atoms in total. The van der Waals surface area contributed by atoms with Crippen molar-refractivity contribution in [2.24, 2.45) is 0 Å². The summed E-state index contributed by atoms with van der Waals surface area (Å²) in [6.45, 7) is 4.16. The summed E-state index contributed by atoms with van der Waals surface area (Å²) in [5.74, 6) is -0.463. The second-order valence-corrected chi connectivity index (χ2v) is 4.97. The van der Waals surface area contributed by atoms with E-state index in [-0.39, 0.29) is 11.6 Å².